The van der Waals surface area contributed by atoms with Gasteiger partial charge in [-0.2, -0.15) is 0 Å². The SMILES string of the molecule is COc1cccc(C2=NC(=Cc3ccc(SC)cc3)C(=O)O2)c1. The van der Waals surface area contributed by atoms with E-state index in [2.05, 4.69) is 4.99 Å². The first-order valence-corrected chi connectivity index (χ1v) is 8.23. The van der Waals surface area contributed by atoms with Crippen LogP contribution in [0, 0.1) is 0 Å². The molecule has 2 aromatic rings. The minimum absolute atomic E-state index is 0.291. The number of aliphatic imine (C=N–C) groups is 1. The fraction of sp³-hybridized carbons (Fsp3) is 0.111. The second-order valence-electron chi connectivity index (χ2n) is 4.84. The monoisotopic (exact) mass is 325 g/mol. The van der Waals surface area contributed by atoms with Crippen molar-refractivity contribution in [1.82, 2.24) is 0 Å². The van der Waals surface area contributed by atoms with E-state index in [1.807, 2.05) is 48.7 Å². The van der Waals surface area contributed by atoms with Gasteiger partial charge >= 0.3 is 5.97 Å². The molecule has 0 fully saturated rings. The Morgan fingerprint density at radius 3 is 2.65 bits per heavy atom. The maximum absolute atomic E-state index is 12.0. The van der Waals surface area contributed by atoms with Gasteiger partial charge in [0, 0.05) is 10.5 Å². The van der Waals surface area contributed by atoms with Crippen LogP contribution >= 0.6 is 11.8 Å². The number of carbonyl (C=O) groups excluding carboxylic acids is 1. The first kappa shape index (κ1) is 15.4. The molecule has 1 aliphatic heterocycles. The number of rotatable bonds is 4. The van der Waals surface area contributed by atoms with Gasteiger partial charge in [-0.3, -0.25) is 0 Å². The average molecular weight is 325 g/mol. The zero-order chi connectivity index (χ0) is 16.2. The third-order valence-corrected chi connectivity index (χ3v) is 4.10. The number of ether oxygens (including phenoxy) is 2. The lowest BCUT2D eigenvalue weighted by Gasteiger charge is -2.02. The van der Waals surface area contributed by atoms with Crippen molar-refractivity contribution in [2.75, 3.05) is 13.4 Å². The molecule has 0 amide bonds. The number of nitrogens with zero attached hydrogens (tertiary/aromatic N) is 1. The molecule has 0 radical (unpaired) electrons. The fourth-order valence-corrected chi connectivity index (χ4v) is 2.55. The highest BCUT2D eigenvalue weighted by molar-refractivity contribution is 7.98. The first-order valence-electron chi connectivity index (χ1n) is 7.00. The van der Waals surface area contributed by atoms with Gasteiger partial charge in [-0.1, -0.05) is 18.2 Å². The summed E-state index contributed by atoms with van der Waals surface area (Å²) >= 11 is 1.67. The molecule has 0 saturated carbocycles. The number of cyclic esters (lactones) is 1. The minimum Gasteiger partial charge on any atom is -0.497 e. The van der Waals surface area contributed by atoms with Crippen molar-refractivity contribution in [3.63, 3.8) is 0 Å². The number of benzene rings is 2. The van der Waals surface area contributed by atoms with Gasteiger partial charge in [-0.25, -0.2) is 9.79 Å². The molecule has 3 rings (SSSR count). The normalized spacial score (nSPS) is 15.5. The second-order valence-corrected chi connectivity index (χ2v) is 5.72. The lowest BCUT2D eigenvalue weighted by atomic mass is 10.2. The van der Waals surface area contributed by atoms with E-state index in [1.54, 1.807) is 31.0 Å². The smallest absolute Gasteiger partial charge is 0.363 e. The number of hydrogen-bond acceptors (Lipinski definition) is 5. The van der Waals surface area contributed by atoms with Crippen molar-refractivity contribution in [3.05, 3.63) is 65.4 Å². The Morgan fingerprint density at radius 2 is 1.96 bits per heavy atom. The second kappa shape index (κ2) is 6.71. The molecule has 0 aromatic heterocycles. The predicted molar refractivity (Wildman–Crippen MR) is 91.8 cm³/mol. The van der Waals surface area contributed by atoms with Crippen LogP contribution in [0.15, 0.2) is 64.1 Å². The Kier molecular flexibility index (Phi) is 4.48. The van der Waals surface area contributed by atoms with E-state index in [0.29, 0.717) is 22.9 Å². The van der Waals surface area contributed by atoms with Gasteiger partial charge in [0.05, 0.1) is 7.11 Å². The highest BCUT2D eigenvalue weighted by Crippen LogP contribution is 2.22. The molecule has 0 spiro atoms. The van der Waals surface area contributed by atoms with Crippen LogP contribution in [0.5, 0.6) is 5.75 Å². The zero-order valence-electron chi connectivity index (χ0n) is 12.8. The summed E-state index contributed by atoms with van der Waals surface area (Å²) in [5, 5.41) is 0. The third-order valence-electron chi connectivity index (χ3n) is 3.36. The van der Waals surface area contributed by atoms with Crippen LogP contribution in [0.2, 0.25) is 0 Å². The summed E-state index contributed by atoms with van der Waals surface area (Å²) in [5.41, 5.74) is 1.91. The number of esters is 1. The van der Waals surface area contributed by atoms with Crippen LogP contribution in [0.4, 0.5) is 0 Å². The largest absolute Gasteiger partial charge is 0.497 e. The molecule has 5 heteroatoms. The Hall–Kier alpha value is -2.53. The van der Waals surface area contributed by atoms with Crippen molar-refractivity contribution in [3.8, 4) is 5.75 Å². The van der Waals surface area contributed by atoms with Gasteiger partial charge in [0.25, 0.3) is 0 Å². The van der Waals surface area contributed by atoms with Gasteiger partial charge < -0.3 is 9.47 Å². The molecule has 4 nitrogen and oxygen atoms in total. The topological polar surface area (TPSA) is 47.9 Å². The fourth-order valence-electron chi connectivity index (χ4n) is 2.15. The summed E-state index contributed by atoms with van der Waals surface area (Å²) in [7, 11) is 1.59. The Morgan fingerprint density at radius 1 is 1.17 bits per heavy atom. The summed E-state index contributed by atoms with van der Waals surface area (Å²) in [5.74, 6) is 0.531. The predicted octanol–water partition coefficient (Wildman–Crippen LogP) is 3.76. The quantitative estimate of drug-likeness (QED) is 0.488. The molecule has 2 aromatic carbocycles. The van der Waals surface area contributed by atoms with Crippen molar-refractivity contribution < 1.29 is 14.3 Å². The highest BCUT2D eigenvalue weighted by Gasteiger charge is 2.24. The average Bonchev–Trinajstić information content (AvgIpc) is 2.96. The first-order chi connectivity index (χ1) is 11.2. The molecule has 23 heavy (non-hydrogen) atoms. The molecule has 0 bridgehead atoms. The molecule has 0 unspecified atom stereocenters. The maximum atomic E-state index is 12.0. The maximum Gasteiger partial charge on any atom is 0.363 e. The molecular formula is C18H15NO3S. The van der Waals surface area contributed by atoms with Crippen molar-refractivity contribution >= 4 is 29.7 Å². The van der Waals surface area contributed by atoms with Gasteiger partial charge in [-0.05, 0) is 48.2 Å². The molecule has 1 aliphatic rings. The number of thioether (sulfide) groups is 1. The summed E-state index contributed by atoms with van der Waals surface area (Å²) < 4.78 is 10.4. The van der Waals surface area contributed by atoms with Crippen LogP contribution < -0.4 is 4.74 Å². The van der Waals surface area contributed by atoms with Crippen molar-refractivity contribution in [2.45, 2.75) is 4.90 Å². The Labute approximate surface area is 138 Å². The lowest BCUT2D eigenvalue weighted by Crippen LogP contribution is -2.05. The zero-order valence-corrected chi connectivity index (χ0v) is 13.6. The van der Waals surface area contributed by atoms with Gasteiger partial charge in [-0.15, -0.1) is 11.8 Å². The van der Waals surface area contributed by atoms with E-state index in [4.69, 9.17) is 9.47 Å². The minimum atomic E-state index is -0.447. The van der Waals surface area contributed by atoms with Crippen LogP contribution in [0.1, 0.15) is 11.1 Å². The van der Waals surface area contributed by atoms with Crippen molar-refractivity contribution in [2.24, 2.45) is 4.99 Å². The number of methoxy groups -OCH3 is 1. The summed E-state index contributed by atoms with van der Waals surface area (Å²) in [6.07, 6.45) is 3.74. The van der Waals surface area contributed by atoms with Crippen LogP contribution in [0.3, 0.4) is 0 Å². The molecular weight excluding hydrogens is 310 g/mol. The standard InChI is InChI=1S/C18H15NO3S/c1-21-14-5-3-4-13(11-14)17-19-16(18(20)22-17)10-12-6-8-15(23-2)9-7-12/h3-11H,1-2H3. The lowest BCUT2D eigenvalue weighted by molar-refractivity contribution is -0.129. The van der Waals surface area contributed by atoms with Crippen LogP contribution in [-0.2, 0) is 9.53 Å². The van der Waals surface area contributed by atoms with E-state index >= 15 is 0 Å². The Bertz CT molecular complexity index is 794. The molecule has 0 N–H and O–H groups in total. The van der Waals surface area contributed by atoms with Crippen LogP contribution in [-0.4, -0.2) is 25.2 Å². The number of carbonyl (C=O) groups is 1. The highest BCUT2D eigenvalue weighted by atomic mass is 32.2. The van der Waals surface area contributed by atoms with Gasteiger partial charge in [0.15, 0.2) is 5.70 Å². The van der Waals surface area contributed by atoms with Gasteiger partial charge in [0.2, 0.25) is 5.90 Å². The van der Waals surface area contributed by atoms with Crippen LogP contribution in [0.25, 0.3) is 6.08 Å². The summed E-state index contributed by atoms with van der Waals surface area (Å²) in [6.45, 7) is 0. The molecule has 0 saturated heterocycles. The summed E-state index contributed by atoms with van der Waals surface area (Å²) in [4.78, 5) is 17.5. The van der Waals surface area contributed by atoms with E-state index in [1.165, 1.54) is 4.90 Å². The van der Waals surface area contributed by atoms with E-state index in [0.717, 1.165) is 5.56 Å². The molecule has 1 heterocycles. The number of hydrogen-bond donors (Lipinski definition) is 0. The van der Waals surface area contributed by atoms with E-state index in [9.17, 15) is 4.79 Å². The van der Waals surface area contributed by atoms with Crippen molar-refractivity contribution in [1.29, 1.82) is 0 Å². The van der Waals surface area contributed by atoms with Gasteiger partial charge in [0.1, 0.15) is 5.75 Å². The van der Waals surface area contributed by atoms with E-state index < -0.39 is 5.97 Å². The summed E-state index contributed by atoms with van der Waals surface area (Å²) in [6, 6.07) is 15.2. The third kappa shape index (κ3) is 3.46. The molecule has 0 aliphatic carbocycles. The molecule has 0 atom stereocenters. The Balaban J connectivity index is 1.89. The van der Waals surface area contributed by atoms with E-state index in [-0.39, 0.29) is 0 Å². The molecule has 116 valence electrons.